The summed E-state index contributed by atoms with van der Waals surface area (Å²) in [5, 5.41) is 13.5. The molecule has 3 aromatic rings. The van der Waals surface area contributed by atoms with E-state index in [-0.39, 0.29) is 29.8 Å². The first kappa shape index (κ1) is 10.4. The van der Waals surface area contributed by atoms with Crippen molar-refractivity contribution in [1.82, 2.24) is 19.6 Å². The Labute approximate surface area is 197 Å². The monoisotopic (exact) mass is 439 g/mol. The summed E-state index contributed by atoms with van der Waals surface area (Å²) in [5.74, 6) is -4.58. The Morgan fingerprint density at radius 3 is 3.03 bits per heavy atom. The van der Waals surface area contributed by atoms with Crippen LogP contribution in [0.25, 0.3) is 11.0 Å². The van der Waals surface area contributed by atoms with Gasteiger partial charge in [0.25, 0.3) is 5.56 Å². The summed E-state index contributed by atoms with van der Waals surface area (Å²) in [6.45, 7) is -11.0. The van der Waals surface area contributed by atoms with Gasteiger partial charge in [0.2, 0.25) is 0 Å². The highest BCUT2D eigenvalue weighted by molar-refractivity contribution is 5.79. The second-order valence-corrected chi connectivity index (χ2v) is 7.14. The predicted molar refractivity (Wildman–Crippen MR) is 114 cm³/mol. The van der Waals surface area contributed by atoms with Crippen LogP contribution in [0.4, 0.5) is 4.39 Å². The molecule has 5 rings (SSSR count). The zero-order valence-electron chi connectivity index (χ0n) is 29.4. The van der Waals surface area contributed by atoms with E-state index in [1.807, 2.05) is 0 Å². The van der Waals surface area contributed by atoms with Crippen LogP contribution in [-0.4, -0.2) is 44.2 Å². The number of halogens is 1. The Bertz CT molecular complexity index is 1700. The second-order valence-electron chi connectivity index (χ2n) is 7.14. The van der Waals surface area contributed by atoms with Crippen LogP contribution in [0.1, 0.15) is 78.2 Å². The van der Waals surface area contributed by atoms with Gasteiger partial charge in [-0.2, -0.15) is 0 Å². The molecule has 1 atom stereocenters. The van der Waals surface area contributed by atoms with Crippen LogP contribution in [0.5, 0.6) is 0 Å². The maximum absolute atomic E-state index is 13.8. The number of aliphatic hydroxyl groups is 1. The first-order valence-corrected chi connectivity index (χ1v) is 9.58. The molecule has 2 aromatic heterocycles. The van der Waals surface area contributed by atoms with Gasteiger partial charge in [-0.05, 0) is 64.0 Å². The molecule has 4 heterocycles. The van der Waals surface area contributed by atoms with Gasteiger partial charge in [-0.3, -0.25) is 9.36 Å². The number of hydrogen-bond acceptors (Lipinski definition) is 6. The summed E-state index contributed by atoms with van der Waals surface area (Å²) in [7, 11) is 0. The lowest BCUT2D eigenvalue weighted by Crippen LogP contribution is -2.37. The van der Waals surface area contributed by atoms with Gasteiger partial charge in [0.1, 0.15) is 17.7 Å². The fourth-order valence-corrected chi connectivity index (χ4v) is 3.53. The van der Waals surface area contributed by atoms with Crippen LogP contribution >= 0.6 is 0 Å². The number of hydrogen-bond donors (Lipinski definition) is 1. The Morgan fingerprint density at radius 1 is 1.42 bits per heavy atom. The average molecular weight is 440 g/mol. The Hall–Kier alpha value is -2.58. The minimum atomic E-state index is -4.04. The molecule has 7 nitrogen and oxygen atoms in total. The standard InChI is InChI=1S/C23H27FN4O3/c1-14-17(23(30)28-9-2-3-19(29)22(28)25-14)8-12-27-10-6-15(7-11-27)21-18-5-4-16(24)13-20(18)31-26-21/h4-5,13,15,19,29H,2-3,6-12H2,1H3/i6D2,7D2,8D2,10D2,11D2,12D2,15D. The van der Waals surface area contributed by atoms with Gasteiger partial charge in [-0.1, -0.05) is 5.16 Å². The zero-order valence-corrected chi connectivity index (χ0v) is 16.4. The third kappa shape index (κ3) is 3.78. The van der Waals surface area contributed by atoms with Gasteiger partial charge < -0.3 is 14.5 Å². The second kappa shape index (κ2) is 8.16. The largest absolute Gasteiger partial charge is 0.385 e. The molecule has 1 saturated heterocycles. The lowest BCUT2D eigenvalue weighted by atomic mass is 9.91. The van der Waals surface area contributed by atoms with Gasteiger partial charge >= 0.3 is 0 Å². The molecule has 1 N–H and O–H groups in total. The van der Waals surface area contributed by atoms with Crippen LogP contribution in [0, 0.1) is 12.7 Å². The van der Waals surface area contributed by atoms with Crippen molar-refractivity contribution in [3.8, 4) is 0 Å². The van der Waals surface area contributed by atoms with Crippen molar-refractivity contribution in [2.24, 2.45) is 0 Å². The smallest absolute Gasteiger partial charge is 0.257 e. The van der Waals surface area contributed by atoms with Crippen molar-refractivity contribution >= 4 is 11.0 Å². The van der Waals surface area contributed by atoms with Crippen LogP contribution in [-0.2, 0) is 12.9 Å². The van der Waals surface area contributed by atoms with E-state index < -0.39 is 83.8 Å². The number of aliphatic hydroxyl groups excluding tert-OH is 1. The minimum absolute atomic E-state index is 0.0159. The molecule has 1 fully saturated rings. The molecule has 0 radical (unpaired) electrons. The van der Waals surface area contributed by atoms with Crippen LogP contribution in [0.15, 0.2) is 27.5 Å². The SMILES string of the molecule is [2H]C([2H])(c1c(C)nc2n(c1=O)CCCC2O)C([2H])([2H])N1C([2H])([2H])C([2H])([2H])C([2H])(c2noc3cc(F)ccc23)C([2H])([2H])C1([2H])[2H]. The molecule has 2 aliphatic rings. The van der Waals surface area contributed by atoms with Crippen molar-refractivity contribution in [3.05, 3.63) is 57.1 Å². The molecule has 2 aliphatic heterocycles. The number of nitrogens with zero attached hydrogens (tertiary/aromatic N) is 4. The van der Waals surface area contributed by atoms with E-state index in [1.54, 1.807) is 0 Å². The molecule has 1 aromatic carbocycles. The van der Waals surface area contributed by atoms with Gasteiger partial charge in [-0.15, -0.1) is 0 Å². The molecular formula is C23H27FN4O3. The van der Waals surface area contributed by atoms with E-state index in [2.05, 4.69) is 10.1 Å². The van der Waals surface area contributed by atoms with Crippen LogP contribution in [0.3, 0.4) is 0 Å². The fraction of sp³-hybridized carbons (Fsp3) is 0.522. The molecule has 0 aliphatic carbocycles. The molecule has 164 valence electrons. The lowest BCUT2D eigenvalue weighted by Gasteiger charge is -2.31. The maximum Gasteiger partial charge on any atom is 0.257 e. The predicted octanol–water partition coefficient (Wildman–Crippen LogP) is 3.08. The molecule has 31 heavy (non-hydrogen) atoms. The number of rotatable bonds is 4. The summed E-state index contributed by atoms with van der Waals surface area (Å²) in [6, 6.07) is 2.61. The van der Waals surface area contributed by atoms with Crippen molar-refractivity contribution in [1.29, 1.82) is 0 Å². The first-order chi connectivity index (χ1) is 19.9. The number of piperidine rings is 1. The first-order valence-electron chi connectivity index (χ1n) is 16.1. The molecule has 8 heteroatoms. The van der Waals surface area contributed by atoms with Gasteiger partial charge in [-0.25, -0.2) is 9.37 Å². The number of benzene rings is 1. The number of aryl methyl sites for hydroxylation is 1. The van der Waals surface area contributed by atoms with E-state index in [9.17, 15) is 14.3 Å². The van der Waals surface area contributed by atoms with Crippen molar-refractivity contribution in [3.63, 3.8) is 0 Å². The average Bonchev–Trinajstić information content (AvgIpc) is 3.30. The molecule has 0 bridgehead atoms. The van der Waals surface area contributed by atoms with Gasteiger partial charge in [0.15, 0.2) is 5.58 Å². The third-order valence-corrected chi connectivity index (χ3v) is 5.09. The van der Waals surface area contributed by atoms with E-state index in [0.29, 0.717) is 6.42 Å². The van der Waals surface area contributed by atoms with Crippen molar-refractivity contribution in [2.75, 3.05) is 19.5 Å². The topological polar surface area (TPSA) is 84.4 Å². The molecule has 0 amide bonds. The zero-order chi connectivity index (χ0) is 33.2. The van der Waals surface area contributed by atoms with E-state index in [4.69, 9.17) is 22.3 Å². The maximum atomic E-state index is 13.8. The summed E-state index contributed by atoms with van der Waals surface area (Å²) >= 11 is 0. The lowest BCUT2D eigenvalue weighted by molar-refractivity contribution is 0.129. The fourth-order valence-electron chi connectivity index (χ4n) is 3.53. The minimum Gasteiger partial charge on any atom is -0.385 e. The highest BCUT2D eigenvalue weighted by Gasteiger charge is 2.26. The highest BCUT2D eigenvalue weighted by atomic mass is 19.1. The molecular weight excluding hydrogens is 399 g/mol. The van der Waals surface area contributed by atoms with Crippen LogP contribution in [0.2, 0.25) is 0 Å². The van der Waals surface area contributed by atoms with Crippen LogP contribution < -0.4 is 5.56 Å². The normalized spacial score (nSPS) is 34.9. The Kier molecular flexibility index (Phi) is 2.73. The third-order valence-electron chi connectivity index (χ3n) is 5.09. The summed E-state index contributed by atoms with van der Waals surface area (Å²) in [6.07, 6.45) is -12.2. The Morgan fingerprint density at radius 2 is 2.23 bits per heavy atom. The quantitative estimate of drug-likeness (QED) is 0.673. The molecule has 1 unspecified atom stereocenters. The molecule has 0 saturated carbocycles. The van der Waals surface area contributed by atoms with E-state index >= 15 is 0 Å². The van der Waals surface area contributed by atoms with Gasteiger partial charge in [0, 0.05) is 59.5 Å². The summed E-state index contributed by atoms with van der Waals surface area (Å²) in [4.78, 5) is 17.0. The van der Waals surface area contributed by atoms with E-state index in [0.717, 1.165) is 29.7 Å². The molecule has 0 spiro atoms. The number of fused-ring (bicyclic) bond motifs is 2. The van der Waals surface area contributed by atoms with Crippen molar-refractivity contribution in [2.45, 2.75) is 57.4 Å². The van der Waals surface area contributed by atoms with Gasteiger partial charge in [0.05, 0.1) is 5.69 Å². The van der Waals surface area contributed by atoms with Crippen molar-refractivity contribution < 1.29 is 31.8 Å². The Balaban J connectivity index is 1.75. The summed E-state index contributed by atoms with van der Waals surface area (Å²) in [5.41, 5.74) is -3.84. The van der Waals surface area contributed by atoms with E-state index in [1.165, 1.54) is 0 Å². The number of aromatic nitrogens is 3. The number of likely N-dealkylation sites (tertiary alicyclic amines) is 1. The highest BCUT2D eigenvalue weighted by Crippen LogP contribution is 2.32. The summed E-state index contributed by atoms with van der Waals surface area (Å²) < 4.78 is 134.